The Kier molecular flexibility index (Phi) is 6.49. The van der Waals surface area contributed by atoms with E-state index in [1.807, 2.05) is 17.0 Å². The minimum absolute atomic E-state index is 0.210. The van der Waals surface area contributed by atoms with Crippen molar-refractivity contribution in [2.24, 2.45) is 0 Å². The molecule has 2 aromatic carbocycles. The number of ether oxygens (including phenoxy) is 2. The second-order valence-corrected chi connectivity index (χ2v) is 8.63. The van der Waals surface area contributed by atoms with Gasteiger partial charge in [0.15, 0.2) is 11.5 Å². The van der Waals surface area contributed by atoms with Gasteiger partial charge in [-0.05, 0) is 55.2 Å². The van der Waals surface area contributed by atoms with E-state index in [2.05, 4.69) is 47.9 Å². The summed E-state index contributed by atoms with van der Waals surface area (Å²) >= 11 is 0. The summed E-state index contributed by atoms with van der Waals surface area (Å²) in [5.74, 6) is 1.75. The zero-order valence-corrected chi connectivity index (χ0v) is 19.1. The van der Waals surface area contributed by atoms with E-state index >= 15 is 0 Å². The molecule has 6 heteroatoms. The normalized spacial score (nSPS) is 19.4. The number of amides is 1. The molecular weight excluding hydrogens is 390 g/mol. The fourth-order valence-corrected chi connectivity index (χ4v) is 4.75. The fraction of sp³-hybridized carbons (Fsp3) is 0.480. The number of para-hydroxylation sites is 1. The first-order chi connectivity index (χ1) is 15.0. The van der Waals surface area contributed by atoms with Crippen molar-refractivity contribution in [3.05, 3.63) is 53.1 Å². The van der Waals surface area contributed by atoms with Gasteiger partial charge in [-0.25, -0.2) is 0 Å². The van der Waals surface area contributed by atoms with Crippen LogP contribution in [0.3, 0.4) is 0 Å². The molecule has 0 N–H and O–H groups in total. The van der Waals surface area contributed by atoms with Crippen LogP contribution in [0.4, 0.5) is 5.69 Å². The smallest absolute Gasteiger partial charge is 0.241 e. The molecule has 0 radical (unpaired) electrons. The maximum Gasteiger partial charge on any atom is 0.241 e. The van der Waals surface area contributed by atoms with Crippen molar-refractivity contribution in [1.82, 2.24) is 9.80 Å². The average Bonchev–Trinajstić information content (AvgIpc) is 3.11. The van der Waals surface area contributed by atoms with E-state index in [0.29, 0.717) is 6.54 Å². The average molecular weight is 424 g/mol. The number of carbonyl (C=O) groups excluding carboxylic acids is 1. The maximum absolute atomic E-state index is 13.1. The Labute approximate surface area is 185 Å². The van der Waals surface area contributed by atoms with Crippen molar-refractivity contribution in [2.75, 3.05) is 51.8 Å². The van der Waals surface area contributed by atoms with Crippen molar-refractivity contribution in [1.29, 1.82) is 0 Å². The lowest BCUT2D eigenvalue weighted by Gasteiger charge is -2.35. The Hall–Kier alpha value is -2.57. The van der Waals surface area contributed by atoms with Crippen molar-refractivity contribution in [3.8, 4) is 11.5 Å². The van der Waals surface area contributed by atoms with Crippen LogP contribution < -0.4 is 14.4 Å². The van der Waals surface area contributed by atoms with Crippen LogP contribution in [0.15, 0.2) is 36.4 Å². The van der Waals surface area contributed by atoms with Gasteiger partial charge in [-0.1, -0.05) is 18.2 Å². The third-order valence-corrected chi connectivity index (χ3v) is 6.54. The van der Waals surface area contributed by atoms with Gasteiger partial charge in [-0.15, -0.1) is 0 Å². The van der Waals surface area contributed by atoms with Gasteiger partial charge in [0.25, 0.3) is 0 Å². The lowest BCUT2D eigenvalue weighted by atomic mass is 10.1. The molecule has 166 valence electrons. The molecule has 1 amide bonds. The number of carbonyl (C=O) groups is 1. The van der Waals surface area contributed by atoms with Gasteiger partial charge in [-0.3, -0.25) is 14.6 Å². The number of hydrogen-bond acceptors (Lipinski definition) is 5. The Bertz CT molecular complexity index is 938. The largest absolute Gasteiger partial charge is 0.493 e. The molecule has 0 unspecified atom stereocenters. The van der Waals surface area contributed by atoms with Gasteiger partial charge in [0.2, 0.25) is 5.91 Å². The summed E-state index contributed by atoms with van der Waals surface area (Å²) in [7, 11) is 3.34. The highest BCUT2D eigenvalue weighted by Crippen LogP contribution is 2.32. The van der Waals surface area contributed by atoms with Gasteiger partial charge in [0.05, 0.1) is 20.8 Å². The Morgan fingerprint density at radius 2 is 1.65 bits per heavy atom. The maximum atomic E-state index is 13.1. The monoisotopic (exact) mass is 423 g/mol. The van der Waals surface area contributed by atoms with Gasteiger partial charge < -0.3 is 14.4 Å². The number of hydrogen-bond donors (Lipinski definition) is 0. The summed E-state index contributed by atoms with van der Waals surface area (Å²) in [6, 6.07) is 12.6. The van der Waals surface area contributed by atoms with Crippen LogP contribution >= 0.6 is 0 Å². The predicted molar refractivity (Wildman–Crippen MR) is 123 cm³/mol. The van der Waals surface area contributed by atoms with Crippen molar-refractivity contribution >= 4 is 11.6 Å². The third kappa shape index (κ3) is 4.55. The first-order valence-electron chi connectivity index (χ1n) is 11.1. The van der Waals surface area contributed by atoms with E-state index in [4.69, 9.17) is 9.47 Å². The first-order valence-corrected chi connectivity index (χ1v) is 11.1. The molecule has 1 saturated heterocycles. The zero-order chi connectivity index (χ0) is 22.0. The molecule has 1 fully saturated rings. The summed E-state index contributed by atoms with van der Waals surface area (Å²) in [5, 5.41) is 0. The number of benzene rings is 2. The Morgan fingerprint density at radius 3 is 2.35 bits per heavy atom. The van der Waals surface area contributed by atoms with Crippen LogP contribution in [0.25, 0.3) is 0 Å². The standard InChI is InChI=1S/C25H33N3O3/c1-18-13-23(30-3)24(31-4)15-21(18)16-26-9-11-27(12-10-26)17-25(29)28-19(2)14-20-7-5-6-8-22(20)28/h5-8,13,15,19H,9-12,14,16-17H2,1-4H3/t19-/m0/s1. The quantitative estimate of drug-likeness (QED) is 0.715. The molecule has 2 aromatic rings. The van der Waals surface area contributed by atoms with E-state index in [1.165, 1.54) is 16.7 Å². The molecule has 1 atom stereocenters. The highest BCUT2D eigenvalue weighted by atomic mass is 16.5. The number of piperazine rings is 1. The van der Waals surface area contributed by atoms with Crippen LogP contribution in [0.1, 0.15) is 23.6 Å². The zero-order valence-electron chi connectivity index (χ0n) is 19.1. The second kappa shape index (κ2) is 9.28. The van der Waals surface area contributed by atoms with E-state index in [9.17, 15) is 4.79 Å². The van der Waals surface area contributed by atoms with Crippen LogP contribution in [0.2, 0.25) is 0 Å². The van der Waals surface area contributed by atoms with Gasteiger partial charge in [-0.2, -0.15) is 0 Å². The molecule has 0 aromatic heterocycles. The van der Waals surface area contributed by atoms with E-state index in [0.717, 1.165) is 56.3 Å². The molecule has 2 heterocycles. The Balaban J connectivity index is 1.33. The molecular formula is C25H33N3O3. The molecule has 0 bridgehead atoms. The third-order valence-electron chi connectivity index (χ3n) is 6.54. The lowest BCUT2D eigenvalue weighted by molar-refractivity contribution is -0.120. The molecule has 2 aliphatic rings. The number of nitrogens with zero attached hydrogens (tertiary/aromatic N) is 3. The minimum atomic E-state index is 0.210. The number of rotatable bonds is 6. The van der Waals surface area contributed by atoms with Crippen LogP contribution in [-0.2, 0) is 17.8 Å². The Morgan fingerprint density at radius 1 is 1.00 bits per heavy atom. The summed E-state index contributed by atoms with van der Waals surface area (Å²) in [5.41, 5.74) is 4.82. The van der Waals surface area contributed by atoms with Gasteiger partial charge in [0, 0.05) is 44.5 Å². The first kappa shape index (κ1) is 21.7. The number of aryl methyl sites for hydroxylation is 1. The van der Waals surface area contributed by atoms with E-state index in [1.54, 1.807) is 14.2 Å². The van der Waals surface area contributed by atoms with Gasteiger partial charge >= 0.3 is 0 Å². The molecule has 0 spiro atoms. The lowest BCUT2D eigenvalue weighted by Crippen LogP contribution is -2.50. The highest BCUT2D eigenvalue weighted by molar-refractivity contribution is 5.97. The predicted octanol–water partition coefficient (Wildman–Crippen LogP) is 3.11. The molecule has 0 saturated carbocycles. The fourth-order valence-electron chi connectivity index (χ4n) is 4.75. The van der Waals surface area contributed by atoms with Crippen LogP contribution in [0, 0.1) is 6.92 Å². The summed E-state index contributed by atoms with van der Waals surface area (Å²) in [6.07, 6.45) is 0.945. The summed E-state index contributed by atoms with van der Waals surface area (Å²) in [4.78, 5) is 19.8. The molecule has 6 nitrogen and oxygen atoms in total. The number of anilines is 1. The van der Waals surface area contributed by atoms with Crippen LogP contribution in [0.5, 0.6) is 11.5 Å². The van der Waals surface area contributed by atoms with Crippen molar-refractivity contribution in [2.45, 2.75) is 32.9 Å². The minimum Gasteiger partial charge on any atom is -0.493 e. The molecule has 0 aliphatic carbocycles. The number of fused-ring (bicyclic) bond motifs is 1. The second-order valence-electron chi connectivity index (χ2n) is 8.63. The summed E-state index contributed by atoms with van der Waals surface area (Å²) < 4.78 is 10.9. The number of methoxy groups -OCH3 is 2. The van der Waals surface area contributed by atoms with Crippen LogP contribution in [-0.4, -0.2) is 68.7 Å². The molecule has 2 aliphatic heterocycles. The molecule has 31 heavy (non-hydrogen) atoms. The summed E-state index contributed by atoms with van der Waals surface area (Å²) in [6.45, 7) is 9.33. The highest BCUT2D eigenvalue weighted by Gasteiger charge is 2.31. The van der Waals surface area contributed by atoms with E-state index < -0.39 is 0 Å². The topological polar surface area (TPSA) is 45.2 Å². The van der Waals surface area contributed by atoms with Gasteiger partial charge in [0.1, 0.15) is 0 Å². The van der Waals surface area contributed by atoms with E-state index in [-0.39, 0.29) is 11.9 Å². The molecule has 4 rings (SSSR count). The van der Waals surface area contributed by atoms with Crippen molar-refractivity contribution in [3.63, 3.8) is 0 Å². The SMILES string of the molecule is COc1cc(C)c(CN2CCN(CC(=O)N3c4ccccc4C[C@@H]3C)CC2)cc1OC. The van der Waals surface area contributed by atoms with Crippen molar-refractivity contribution < 1.29 is 14.3 Å².